The lowest BCUT2D eigenvalue weighted by Gasteiger charge is -2.08. The molecule has 5 heteroatoms. The van der Waals surface area contributed by atoms with Gasteiger partial charge in [0.25, 0.3) is 0 Å². The third-order valence-electron chi connectivity index (χ3n) is 3.21. The summed E-state index contributed by atoms with van der Waals surface area (Å²) in [4.78, 5) is 2.28. The monoisotopic (exact) mass is 292 g/mol. The van der Waals surface area contributed by atoms with Crippen LogP contribution in [0.25, 0.3) is 0 Å². The second-order valence-corrected chi connectivity index (χ2v) is 6.71. The first-order chi connectivity index (χ1) is 9.66. The second-order valence-electron chi connectivity index (χ2n) is 4.90. The fourth-order valence-corrected chi connectivity index (χ4v) is 3.19. The van der Waals surface area contributed by atoms with Gasteiger partial charge in [0.15, 0.2) is 0 Å². The molecule has 20 heavy (non-hydrogen) atoms. The molecule has 108 valence electrons. The maximum atomic E-state index is 11.8. The largest absolute Gasteiger partial charge is 0.292 e. The Morgan fingerprint density at radius 2 is 1.80 bits per heavy atom. The first-order valence-electron chi connectivity index (χ1n) is 6.85. The summed E-state index contributed by atoms with van der Waals surface area (Å²) < 4.78 is 26.2. The van der Waals surface area contributed by atoms with Crippen LogP contribution in [0.1, 0.15) is 18.4 Å². The zero-order valence-electron chi connectivity index (χ0n) is 11.5. The van der Waals surface area contributed by atoms with E-state index in [0.717, 1.165) is 25.2 Å². The summed E-state index contributed by atoms with van der Waals surface area (Å²) in [5.74, 6) is 5.89. The smallest absolute Gasteiger partial charge is 0.216 e. The van der Waals surface area contributed by atoms with Crippen molar-refractivity contribution in [2.45, 2.75) is 18.6 Å². The van der Waals surface area contributed by atoms with E-state index in [9.17, 15) is 8.42 Å². The van der Waals surface area contributed by atoms with Crippen LogP contribution in [0.2, 0.25) is 0 Å². The molecule has 0 amide bonds. The highest BCUT2D eigenvalue weighted by atomic mass is 32.2. The molecular weight excluding hydrogens is 272 g/mol. The Bertz CT molecular complexity index is 567. The van der Waals surface area contributed by atoms with E-state index in [1.54, 1.807) is 12.1 Å². The Morgan fingerprint density at radius 3 is 2.50 bits per heavy atom. The highest BCUT2D eigenvalue weighted by Crippen LogP contribution is 2.05. The summed E-state index contributed by atoms with van der Waals surface area (Å²) in [6.07, 6.45) is 2.48. The lowest BCUT2D eigenvalue weighted by molar-refractivity contribution is 0.383. The minimum absolute atomic E-state index is 0.00163. The van der Waals surface area contributed by atoms with E-state index in [0.29, 0.717) is 0 Å². The third-order valence-corrected chi connectivity index (χ3v) is 4.50. The Hall–Kier alpha value is -1.35. The number of nitrogens with one attached hydrogen (secondary N) is 1. The zero-order chi connectivity index (χ0) is 14.3. The summed E-state index contributed by atoms with van der Waals surface area (Å²) in [5.41, 5.74) is 0.782. The number of sulfonamides is 1. The summed E-state index contributed by atoms with van der Waals surface area (Å²) >= 11 is 0. The van der Waals surface area contributed by atoms with E-state index in [-0.39, 0.29) is 12.3 Å². The molecule has 2 rings (SSSR count). The van der Waals surface area contributed by atoms with Gasteiger partial charge < -0.3 is 0 Å². The predicted octanol–water partition coefficient (Wildman–Crippen LogP) is 1.21. The Kier molecular flexibility index (Phi) is 5.60. The number of hydrogen-bond acceptors (Lipinski definition) is 3. The van der Waals surface area contributed by atoms with Crippen molar-refractivity contribution in [3.63, 3.8) is 0 Å². The Labute approximate surface area is 121 Å². The normalized spacial score (nSPS) is 15.8. The summed E-state index contributed by atoms with van der Waals surface area (Å²) in [7, 11) is -3.30. The number of benzene rings is 1. The minimum atomic E-state index is -3.30. The van der Waals surface area contributed by atoms with Gasteiger partial charge in [-0.05, 0) is 31.5 Å². The number of nitrogens with zero attached hydrogens (tertiary/aromatic N) is 1. The molecule has 1 aromatic rings. The molecular formula is C15H20N2O2S. The molecule has 4 nitrogen and oxygen atoms in total. The minimum Gasteiger partial charge on any atom is -0.292 e. The molecule has 1 N–H and O–H groups in total. The molecule has 0 spiro atoms. The maximum Gasteiger partial charge on any atom is 0.216 e. The zero-order valence-corrected chi connectivity index (χ0v) is 12.3. The SMILES string of the molecule is O=S(=O)(Cc1ccccc1)NCC#CCN1CCCC1. The van der Waals surface area contributed by atoms with Crippen molar-refractivity contribution in [1.29, 1.82) is 0 Å². The van der Waals surface area contributed by atoms with Crippen molar-refractivity contribution >= 4 is 10.0 Å². The van der Waals surface area contributed by atoms with E-state index < -0.39 is 10.0 Å². The van der Waals surface area contributed by atoms with Crippen LogP contribution in [0.3, 0.4) is 0 Å². The molecule has 1 heterocycles. The number of rotatable bonds is 5. The van der Waals surface area contributed by atoms with E-state index in [2.05, 4.69) is 21.5 Å². The second kappa shape index (κ2) is 7.44. The van der Waals surface area contributed by atoms with Crippen LogP contribution >= 0.6 is 0 Å². The van der Waals surface area contributed by atoms with Crippen LogP contribution in [-0.4, -0.2) is 39.5 Å². The van der Waals surface area contributed by atoms with Crippen molar-refractivity contribution < 1.29 is 8.42 Å². The van der Waals surface area contributed by atoms with Gasteiger partial charge in [-0.15, -0.1) is 0 Å². The van der Waals surface area contributed by atoms with E-state index >= 15 is 0 Å². The first-order valence-corrected chi connectivity index (χ1v) is 8.50. The summed E-state index contributed by atoms with van der Waals surface area (Å²) in [6.45, 7) is 3.13. The van der Waals surface area contributed by atoms with E-state index in [1.807, 2.05) is 18.2 Å². The van der Waals surface area contributed by atoms with Crippen LogP contribution in [0.15, 0.2) is 30.3 Å². The topological polar surface area (TPSA) is 49.4 Å². The van der Waals surface area contributed by atoms with Crippen molar-refractivity contribution in [2.24, 2.45) is 0 Å². The van der Waals surface area contributed by atoms with Gasteiger partial charge in [-0.1, -0.05) is 42.2 Å². The fourth-order valence-electron chi connectivity index (χ4n) is 2.16. The van der Waals surface area contributed by atoms with Crippen molar-refractivity contribution in [1.82, 2.24) is 9.62 Å². The highest BCUT2D eigenvalue weighted by Gasteiger charge is 2.10. The average molecular weight is 292 g/mol. The fraction of sp³-hybridized carbons (Fsp3) is 0.467. The standard InChI is InChI=1S/C15H20N2O2S/c18-20(19,14-15-8-2-1-3-9-15)16-10-4-5-11-17-12-6-7-13-17/h1-3,8-9,16H,6-7,10-14H2. The van der Waals surface area contributed by atoms with E-state index in [1.165, 1.54) is 12.8 Å². The molecule has 1 aliphatic rings. The lowest BCUT2D eigenvalue weighted by Crippen LogP contribution is -2.25. The molecule has 0 aliphatic carbocycles. The van der Waals surface area contributed by atoms with Crippen molar-refractivity contribution in [3.8, 4) is 11.8 Å². The molecule has 0 atom stereocenters. The van der Waals surface area contributed by atoms with Gasteiger partial charge in [-0.2, -0.15) is 0 Å². The van der Waals surface area contributed by atoms with Gasteiger partial charge in [-0.25, -0.2) is 13.1 Å². The first kappa shape index (κ1) is 15.0. The third kappa shape index (κ3) is 5.33. The Balaban J connectivity index is 1.73. The number of hydrogen-bond donors (Lipinski definition) is 1. The molecule has 1 aliphatic heterocycles. The van der Waals surface area contributed by atoms with Gasteiger partial charge in [-0.3, -0.25) is 4.90 Å². The van der Waals surface area contributed by atoms with Gasteiger partial charge in [0.1, 0.15) is 0 Å². The molecule has 0 radical (unpaired) electrons. The maximum absolute atomic E-state index is 11.8. The predicted molar refractivity (Wildman–Crippen MR) is 80.5 cm³/mol. The van der Waals surface area contributed by atoms with Crippen LogP contribution in [0, 0.1) is 11.8 Å². The molecule has 0 unspecified atom stereocenters. The van der Waals surface area contributed by atoms with Gasteiger partial charge in [0, 0.05) is 0 Å². The van der Waals surface area contributed by atoms with Gasteiger partial charge in [0.05, 0.1) is 18.8 Å². The molecule has 0 aromatic heterocycles. The molecule has 0 saturated carbocycles. The average Bonchev–Trinajstić information content (AvgIpc) is 2.92. The molecule has 1 aromatic carbocycles. The van der Waals surface area contributed by atoms with Crippen molar-refractivity contribution in [3.05, 3.63) is 35.9 Å². The van der Waals surface area contributed by atoms with Gasteiger partial charge in [0.2, 0.25) is 10.0 Å². The van der Waals surface area contributed by atoms with Crippen LogP contribution in [0.4, 0.5) is 0 Å². The lowest BCUT2D eigenvalue weighted by atomic mass is 10.2. The van der Waals surface area contributed by atoms with Crippen LogP contribution in [0.5, 0.6) is 0 Å². The number of likely N-dealkylation sites (tertiary alicyclic amines) is 1. The van der Waals surface area contributed by atoms with Crippen LogP contribution in [-0.2, 0) is 15.8 Å². The van der Waals surface area contributed by atoms with E-state index in [4.69, 9.17) is 0 Å². The molecule has 0 bridgehead atoms. The van der Waals surface area contributed by atoms with Crippen molar-refractivity contribution in [2.75, 3.05) is 26.2 Å². The summed E-state index contributed by atoms with van der Waals surface area (Å²) in [5, 5.41) is 0. The molecule has 1 saturated heterocycles. The highest BCUT2D eigenvalue weighted by molar-refractivity contribution is 7.88. The van der Waals surface area contributed by atoms with Crippen LogP contribution < -0.4 is 4.72 Å². The van der Waals surface area contributed by atoms with Gasteiger partial charge >= 0.3 is 0 Å². The summed E-state index contributed by atoms with van der Waals surface area (Å²) in [6, 6.07) is 9.14. The quantitative estimate of drug-likeness (QED) is 0.830. The Morgan fingerprint density at radius 1 is 1.10 bits per heavy atom. The molecule has 1 fully saturated rings.